The van der Waals surface area contributed by atoms with E-state index in [0.717, 1.165) is 0 Å². The van der Waals surface area contributed by atoms with Gasteiger partial charge in [0, 0.05) is 10.0 Å². The lowest BCUT2D eigenvalue weighted by atomic mass is 10.1. The van der Waals surface area contributed by atoms with Gasteiger partial charge in [-0.2, -0.15) is 0 Å². The smallest absolute Gasteiger partial charge is 0.249 e. The van der Waals surface area contributed by atoms with Crippen molar-refractivity contribution in [3.05, 3.63) is 33.8 Å². The van der Waals surface area contributed by atoms with E-state index in [4.69, 9.17) is 5.73 Å². The van der Waals surface area contributed by atoms with Crippen molar-refractivity contribution in [1.82, 2.24) is 0 Å². The summed E-state index contributed by atoms with van der Waals surface area (Å²) < 4.78 is 0.602. The van der Waals surface area contributed by atoms with Crippen LogP contribution in [0.3, 0.4) is 0 Å². The SMILES string of the molecule is CC(=O)c1ccc(Br)c(C(N)=O)c1. The highest BCUT2D eigenvalue weighted by atomic mass is 79.9. The standard InChI is InChI=1S/C9H8BrNO2/c1-5(12)6-2-3-8(10)7(4-6)9(11)13/h2-4H,1H3,(H2,11,13). The summed E-state index contributed by atoms with van der Waals surface area (Å²) in [7, 11) is 0. The fraction of sp³-hybridized carbons (Fsp3) is 0.111. The molecule has 2 N–H and O–H groups in total. The Balaban J connectivity index is 3.27. The molecule has 0 fully saturated rings. The number of Topliss-reactive ketones (excluding diaryl/α,β-unsaturated/α-hetero) is 1. The number of hydrogen-bond acceptors (Lipinski definition) is 2. The van der Waals surface area contributed by atoms with E-state index in [9.17, 15) is 9.59 Å². The van der Waals surface area contributed by atoms with E-state index in [1.54, 1.807) is 12.1 Å². The minimum Gasteiger partial charge on any atom is -0.366 e. The minimum absolute atomic E-state index is 0.0880. The van der Waals surface area contributed by atoms with Crippen LogP contribution < -0.4 is 5.73 Å². The highest BCUT2D eigenvalue weighted by Gasteiger charge is 2.08. The fourth-order valence-electron chi connectivity index (χ4n) is 0.933. The maximum Gasteiger partial charge on any atom is 0.249 e. The molecule has 0 aliphatic heterocycles. The molecule has 0 aromatic heterocycles. The Bertz CT molecular complexity index is 374. The largest absolute Gasteiger partial charge is 0.366 e. The second-order valence-corrected chi connectivity index (χ2v) is 3.47. The molecule has 68 valence electrons. The van der Waals surface area contributed by atoms with Gasteiger partial charge in [-0.1, -0.05) is 6.07 Å². The van der Waals surface area contributed by atoms with E-state index in [1.807, 2.05) is 0 Å². The van der Waals surface area contributed by atoms with Crippen LogP contribution >= 0.6 is 15.9 Å². The minimum atomic E-state index is -0.546. The summed E-state index contributed by atoms with van der Waals surface area (Å²) in [6.45, 7) is 1.44. The summed E-state index contributed by atoms with van der Waals surface area (Å²) in [5.74, 6) is -0.634. The van der Waals surface area contributed by atoms with Crippen molar-refractivity contribution in [3.8, 4) is 0 Å². The molecular formula is C9H8BrNO2. The van der Waals surface area contributed by atoms with Crippen LogP contribution in [-0.4, -0.2) is 11.7 Å². The van der Waals surface area contributed by atoms with Crippen molar-refractivity contribution in [2.45, 2.75) is 6.92 Å². The Labute approximate surface area is 84.1 Å². The van der Waals surface area contributed by atoms with Crippen molar-refractivity contribution in [3.63, 3.8) is 0 Å². The molecule has 0 radical (unpaired) electrons. The van der Waals surface area contributed by atoms with Crippen molar-refractivity contribution in [1.29, 1.82) is 0 Å². The zero-order valence-corrected chi connectivity index (χ0v) is 8.59. The van der Waals surface area contributed by atoms with Gasteiger partial charge in [0.15, 0.2) is 5.78 Å². The van der Waals surface area contributed by atoms with Crippen LogP contribution in [0.15, 0.2) is 22.7 Å². The van der Waals surface area contributed by atoms with Crippen molar-refractivity contribution in [2.75, 3.05) is 0 Å². The number of carbonyl (C=O) groups excluding carboxylic acids is 2. The van der Waals surface area contributed by atoms with Crippen molar-refractivity contribution < 1.29 is 9.59 Å². The predicted octanol–water partition coefficient (Wildman–Crippen LogP) is 1.75. The summed E-state index contributed by atoms with van der Waals surface area (Å²) in [6, 6.07) is 4.75. The van der Waals surface area contributed by atoms with Crippen molar-refractivity contribution >= 4 is 27.6 Å². The van der Waals surface area contributed by atoms with Crippen LogP contribution in [0, 0.1) is 0 Å². The van der Waals surface area contributed by atoms with E-state index in [1.165, 1.54) is 13.0 Å². The molecule has 1 aromatic rings. The molecule has 4 heteroatoms. The highest BCUT2D eigenvalue weighted by Crippen LogP contribution is 2.17. The summed E-state index contributed by atoms with van der Waals surface area (Å²) in [5, 5.41) is 0. The molecule has 3 nitrogen and oxygen atoms in total. The van der Waals surface area contributed by atoms with Crippen LogP contribution in [0.1, 0.15) is 27.6 Å². The molecule has 1 aromatic carbocycles. The number of halogens is 1. The molecule has 0 aliphatic carbocycles. The lowest BCUT2D eigenvalue weighted by Crippen LogP contribution is -2.12. The predicted molar refractivity (Wildman–Crippen MR) is 52.7 cm³/mol. The molecule has 0 aliphatic rings. The number of ketones is 1. The number of primary amides is 1. The number of benzene rings is 1. The Morgan fingerprint density at radius 3 is 2.46 bits per heavy atom. The van der Waals surface area contributed by atoms with Crippen LogP contribution in [-0.2, 0) is 0 Å². The highest BCUT2D eigenvalue weighted by molar-refractivity contribution is 9.10. The second kappa shape index (κ2) is 3.70. The summed E-state index contributed by atoms with van der Waals surface area (Å²) in [5.41, 5.74) is 5.91. The third-order valence-electron chi connectivity index (χ3n) is 1.64. The van der Waals surface area contributed by atoms with Gasteiger partial charge in [-0.15, -0.1) is 0 Å². The van der Waals surface area contributed by atoms with Gasteiger partial charge in [-0.05, 0) is 35.0 Å². The van der Waals surface area contributed by atoms with E-state index < -0.39 is 5.91 Å². The first-order valence-electron chi connectivity index (χ1n) is 3.62. The lowest BCUT2D eigenvalue weighted by Gasteiger charge is -2.01. The van der Waals surface area contributed by atoms with Gasteiger partial charge in [-0.25, -0.2) is 0 Å². The van der Waals surface area contributed by atoms with Gasteiger partial charge in [-0.3, -0.25) is 9.59 Å². The van der Waals surface area contributed by atoms with Gasteiger partial charge >= 0.3 is 0 Å². The van der Waals surface area contributed by atoms with Crippen molar-refractivity contribution in [2.24, 2.45) is 5.73 Å². The van der Waals surface area contributed by atoms with E-state index >= 15 is 0 Å². The van der Waals surface area contributed by atoms with Gasteiger partial charge in [0.1, 0.15) is 0 Å². The molecule has 0 bridgehead atoms. The van der Waals surface area contributed by atoms with E-state index in [2.05, 4.69) is 15.9 Å². The van der Waals surface area contributed by atoms with Gasteiger partial charge in [0.2, 0.25) is 5.91 Å². The number of rotatable bonds is 2. The first-order chi connectivity index (χ1) is 6.02. The molecule has 1 rings (SSSR count). The Morgan fingerprint density at radius 2 is 2.00 bits per heavy atom. The average Bonchev–Trinajstić information content (AvgIpc) is 2.04. The molecule has 0 atom stereocenters. The normalized spacial score (nSPS) is 9.69. The number of hydrogen-bond donors (Lipinski definition) is 1. The summed E-state index contributed by atoms with van der Waals surface area (Å²) >= 11 is 3.17. The first kappa shape index (κ1) is 9.92. The average molecular weight is 242 g/mol. The number of nitrogens with two attached hydrogens (primary N) is 1. The Hall–Kier alpha value is -1.16. The number of amides is 1. The lowest BCUT2D eigenvalue weighted by molar-refractivity contribution is 0.0999. The second-order valence-electron chi connectivity index (χ2n) is 2.62. The topological polar surface area (TPSA) is 60.2 Å². The molecule has 1 amide bonds. The maximum atomic E-state index is 11.0. The van der Waals surface area contributed by atoms with E-state index in [0.29, 0.717) is 15.6 Å². The molecule has 0 heterocycles. The monoisotopic (exact) mass is 241 g/mol. The number of carbonyl (C=O) groups is 2. The molecule has 0 saturated heterocycles. The molecule has 0 spiro atoms. The van der Waals surface area contributed by atoms with Gasteiger partial charge in [0.25, 0.3) is 0 Å². The molecular weight excluding hydrogens is 234 g/mol. The fourth-order valence-corrected chi connectivity index (χ4v) is 1.38. The van der Waals surface area contributed by atoms with Gasteiger partial charge < -0.3 is 5.73 Å². The maximum absolute atomic E-state index is 11.0. The Kier molecular flexibility index (Phi) is 2.83. The zero-order valence-electron chi connectivity index (χ0n) is 7.00. The summed E-state index contributed by atoms with van der Waals surface area (Å²) in [6.07, 6.45) is 0. The Morgan fingerprint density at radius 1 is 1.38 bits per heavy atom. The van der Waals surface area contributed by atoms with Gasteiger partial charge in [0.05, 0.1) is 5.56 Å². The third kappa shape index (κ3) is 2.15. The first-order valence-corrected chi connectivity index (χ1v) is 4.42. The zero-order chi connectivity index (χ0) is 10.0. The van der Waals surface area contributed by atoms with Crippen LogP contribution in [0.2, 0.25) is 0 Å². The third-order valence-corrected chi connectivity index (χ3v) is 2.33. The quantitative estimate of drug-likeness (QED) is 0.803. The molecule has 0 saturated carbocycles. The molecule has 0 unspecified atom stereocenters. The van der Waals surface area contributed by atoms with E-state index in [-0.39, 0.29) is 5.78 Å². The molecule has 13 heavy (non-hydrogen) atoms. The summed E-state index contributed by atoms with van der Waals surface area (Å²) in [4.78, 5) is 21.8. The van der Waals surface area contributed by atoms with Crippen LogP contribution in [0.4, 0.5) is 0 Å². The van der Waals surface area contributed by atoms with Crippen LogP contribution in [0.25, 0.3) is 0 Å². The van der Waals surface area contributed by atoms with Crippen LogP contribution in [0.5, 0.6) is 0 Å².